The fourth-order valence-electron chi connectivity index (χ4n) is 3.55. The van der Waals surface area contributed by atoms with E-state index in [-0.39, 0.29) is 5.54 Å². The Hall–Kier alpha value is -2.12. The monoisotopic (exact) mass is 289 g/mol. The van der Waals surface area contributed by atoms with E-state index in [2.05, 4.69) is 56.5 Å². The first-order chi connectivity index (χ1) is 10.6. The summed E-state index contributed by atoms with van der Waals surface area (Å²) in [6, 6.07) is 11.0. The molecule has 2 aromatic carbocycles. The molecule has 0 unspecified atom stereocenters. The molecule has 1 aliphatic rings. The van der Waals surface area contributed by atoms with Gasteiger partial charge in [0.05, 0.1) is 0 Å². The van der Waals surface area contributed by atoms with E-state index in [0.29, 0.717) is 0 Å². The van der Waals surface area contributed by atoms with E-state index >= 15 is 0 Å². The summed E-state index contributed by atoms with van der Waals surface area (Å²) in [6.07, 6.45) is 8.54. The van der Waals surface area contributed by atoms with Crippen molar-refractivity contribution in [3.05, 3.63) is 77.9 Å². The fraction of sp³-hybridized carbons (Fsp3) is 0.238. The van der Waals surface area contributed by atoms with Crippen LogP contribution in [0, 0.1) is 6.92 Å². The highest BCUT2D eigenvalue weighted by Gasteiger charge is 2.29. The van der Waals surface area contributed by atoms with Crippen LogP contribution in [0.4, 0.5) is 0 Å². The zero-order chi connectivity index (χ0) is 15.7. The normalized spacial score (nSPS) is 13.8. The predicted molar refractivity (Wildman–Crippen MR) is 96.9 cm³/mol. The lowest BCUT2D eigenvalue weighted by molar-refractivity contribution is 0.503. The standard InChI is InChI=1S/C21H23N/c1-4-11-21(22,12-5-2)18-13-16-7-6-8-19-15(3)9-10-17(14-18)20(16)19/h4-10,14H,1-2,11-13,22H2,3H3. The Balaban J connectivity index is 2.18. The van der Waals surface area contributed by atoms with Crippen molar-refractivity contribution in [2.24, 2.45) is 5.73 Å². The highest BCUT2D eigenvalue weighted by molar-refractivity contribution is 5.97. The first-order valence-corrected chi connectivity index (χ1v) is 7.82. The predicted octanol–water partition coefficient (Wildman–Crippen LogP) is 4.94. The minimum Gasteiger partial charge on any atom is -0.321 e. The summed E-state index contributed by atoms with van der Waals surface area (Å²) in [4.78, 5) is 0. The van der Waals surface area contributed by atoms with Crippen molar-refractivity contribution in [2.45, 2.75) is 31.7 Å². The molecule has 0 aliphatic heterocycles. The maximum atomic E-state index is 6.70. The van der Waals surface area contributed by atoms with Crippen LogP contribution in [-0.4, -0.2) is 5.54 Å². The van der Waals surface area contributed by atoms with Gasteiger partial charge in [-0.25, -0.2) is 0 Å². The third-order valence-electron chi connectivity index (χ3n) is 4.74. The van der Waals surface area contributed by atoms with E-state index in [0.717, 1.165) is 19.3 Å². The molecule has 0 aromatic heterocycles. The molecule has 0 atom stereocenters. The van der Waals surface area contributed by atoms with E-state index in [1.54, 1.807) is 0 Å². The van der Waals surface area contributed by atoms with Gasteiger partial charge in [-0.1, -0.05) is 48.6 Å². The van der Waals surface area contributed by atoms with Crippen molar-refractivity contribution in [2.75, 3.05) is 0 Å². The third kappa shape index (κ3) is 2.32. The molecule has 2 N–H and O–H groups in total. The minimum absolute atomic E-state index is 0.381. The molecule has 2 aromatic rings. The Labute approximate surface area is 132 Å². The maximum absolute atomic E-state index is 6.70. The largest absolute Gasteiger partial charge is 0.321 e. The first kappa shape index (κ1) is 14.8. The minimum atomic E-state index is -0.381. The lowest BCUT2D eigenvalue weighted by Crippen LogP contribution is -2.42. The van der Waals surface area contributed by atoms with Gasteiger partial charge in [-0.05, 0) is 59.2 Å². The number of benzene rings is 2. The highest BCUT2D eigenvalue weighted by atomic mass is 14.7. The van der Waals surface area contributed by atoms with Crippen molar-refractivity contribution in [3.63, 3.8) is 0 Å². The summed E-state index contributed by atoms with van der Waals surface area (Å²) >= 11 is 0. The average molecular weight is 289 g/mol. The molecule has 1 heteroatoms. The molecule has 0 radical (unpaired) electrons. The van der Waals surface area contributed by atoms with Gasteiger partial charge in [0.2, 0.25) is 0 Å². The van der Waals surface area contributed by atoms with Crippen LogP contribution < -0.4 is 5.73 Å². The van der Waals surface area contributed by atoms with E-state index in [1.807, 2.05) is 12.2 Å². The van der Waals surface area contributed by atoms with Crippen LogP contribution in [0.3, 0.4) is 0 Å². The van der Waals surface area contributed by atoms with Crippen LogP contribution in [0.5, 0.6) is 0 Å². The van der Waals surface area contributed by atoms with Gasteiger partial charge in [0, 0.05) is 5.54 Å². The smallest absolute Gasteiger partial charge is 0.0444 e. The topological polar surface area (TPSA) is 26.0 Å². The zero-order valence-corrected chi connectivity index (χ0v) is 13.2. The molecule has 0 saturated carbocycles. The van der Waals surface area contributed by atoms with Gasteiger partial charge in [0.25, 0.3) is 0 Å². The number of hydrogen-bond acceptors (Lipinski definition) is 1. The van der Waals surface area contributed by atoms with E-state index < -0.39 is 0 Å². The lowest BCUT2D eigenvalue weighted by atomic mass is 9.76. The van der Waals surface area contributed by atoms with E-state index in [9.17, 15) is 0 Å². The number of aryl methyl sites for hydroxylation is 1. The molecule has 0 amide bonds. The van der Waals surface area contributed by atoms with Crippen molar-refractivity contribution in [1.82, 2.24) is 0 Å². The number of nitrogens with two attached hydrogens (primary N) is 1. The summed E-state index contributed by atoms with van der Waals surface area (Å²) < 4.78 is 0. The van der Waals surface area contributed by atoms with E-state index in [1.165, 1.54) is 33.0 Å². The van der Waals surface area contributed by atoms with Crippen molar-refractivity contribution in [1.29, 1.82) is 0 Å². The Kier molecular flexibility index (Phi) is 3.76. The first-order valence-electron chi connectivity index (χ1n) is 7.82. The SMILES string of the molecule is C=CCC(N)(CC=C)C1=Cc2ccc(C)c3cccc(c23)C1. The van der Waals surface area contributed by atoms with Crippen LogP contribution in [0.25, 0.3) is 16.8 Å². The maximum Gasteiger partial charge on any atom is 0.0444 e. The molecule has 0 bridgehead atoms. The van der Waals surface area contributed by atoms with E-state index in [4.69, 9.17) is 5.73 Å². The van der Waals surface area contributed by atoms with Gasteiger partial charge in [-0.2, -0.15) is 0 Å². The second kappa shape index (κ2) is 5.58. The third-order valence-corrected chi connectivity index (χ3v) is 4.74. The Morgan fingerprint density at radius 3 is 2.55 bits per heavy atom. The molecular formula is C21H23N. The van der Waals surface area contributed by atoms with Crippen molar-refractivity contribution >= 4 is 16.8 Å². The summed E-state index contributed by atoms with van der Waals surface area (Å²) in [6.45, 7) is 9.92. The van der Waals surface area contributed by atoms with Gasteiger partial charge in [0.1, 0.15) is 0 Å². The number of rotatable bonds is 5. The van der Waals surface area contributed by atoms with Gasteiger partial charge in [-0.3, -0.25) is 0 Å². The molecule has 0 heterocycles. The molecule has 1 aliphatic carbocycles. The van der Waals surface area contributed by atoms with Crippen LogP contribution in [-0.2, 0) is 6.42 Å². The Morgan fingerprint density at radius 2 is 1.86 bits per heavy atom. The van der Waals surface area contributed by atoms with Crippen LogP contribution in [0.2, 0.25) is 0 Å². The number of hydrogen-bond donors (Lipinski definition) is 1. The summed E-state index contributed by atoms with van der Waals surface area (Å²) in [5.41, 5.74) is 11.6. The van der Waals surface area contributed by atoms with Crippen LogP contribution >= 0.6 is 0 Å². The van der Waals surface area contributed by atoms with Crippen LogP contribution in [0.15, 0.2) is 61.2 Å². The quantitative estimate of drug-likeness (QED) is 0.775. The molecule has 0 spiro atoms. The summed E-state index contributed by atoms with van der Waals surface area (Å²) in [7, 11) is 0. The summed E-state index contributed by atoms with van der Waals surface area (Å²) in [5, 5.41) is 2.73. The lowest BCUT2D eigenvalue weighted by Gasteiger charge is -2.33. The Morgan fingerprint density at radius 1 is 1.14 bits per heavy atom. The highest BCUT2D eigenvalue weighted by Crippen LogP contribution is 2.37. The second-order valence-corrected chi connectivity index (χ2v) is 6.30. The Bertz CT molecular complexity index is 770. The second-order valence-electron chi connectivity index (χ2n) is 6.30. The van der Waals surface area contributed by atoms with Gasteiger partial charge < -0.3 is 5.73 Å². The molecule has 0 fully saturated rings. The molecule has 1 nitrogen and oxygen atoms in total. The molecule has 3 rings (SSSR count). The van der Waals surface area contributed by atoms with Crippen molar-refractivity contribution < 1.29 is 0 Å². The fourth-order valence-corrected chi connectivity index (χ4v) is 3.55. The summed E-state index contributed by atoms with van der Waals surface area (Å²) in [5.74, 6) is 0. The molecule has 0 saturated heterocycles. The van der Waals surface area contributed by atoms with Gasteiger partial charge in [0.15, 0.2) is 0 Å². The molecule has 112 valence electrons. The zero-order valence-electron chi connectivity index (χ0n) is 13.2. The molecule has 22 heavy (non-hydrogen) atoms. The van der Waals surface area contributed by atoms with Crippen LogP contribution in [0.1, 0.15) is 29.5 Å². The molecular weight excluding hydrogens is 266 g/mol. The van der Waals surface area contributed by atoms with Gasteiger partial charge in [-0.15, -0.1) is 13.2 Å². The van der Waals surface area contributed by atoms with Crippen molar-refractivity contribution in [3.8, 4) is 0 Å². The van der Waals surface area contributed by atoms with Gasteiger partial charge >= 0.3 is 0 Å². The average Bonchev–Trinajstić information content (AvgIpc) is 2.51.